The third-order valence-corrected chi connectivity index (χ3v) is 0.682. The van der Waals surface area contributed by atoms with Crippen molar-refractivity contribution in [1.29, 1.82) is 0 Å². The molecule has 0 bridgehead atoms. The minimum atomic E-state index is -6.13. The molecule has 0 radical (unpaired) electrons. The van der Waals surface area contributed by atoms with Crippen LogP contribution in [-0.4, -0.2) is 18.1 Å². The number of hydrogen-bond acceptors (Lipinski definition) is 2. The second-order valence-corrected chi connectivity index (χ2v) is 1.44. The van der Waals surface area contributed by atoms with Crippen molar-refractivity contribution in [3.05, 3.63) is 0 Å². The van der Waals surface area contributed by atoms with Crippen molar-refractivity contribution < 1.29 is 36.2 Å². The van der Waals surface area contributed by atoms with E-state index in [-0.39, 0.29) is 0 Å². The van der Waals surface area contributed by atoms with E-state index in [1.807, 2.05) is 0 Å². The molecule has 0 aromatic rings. The van der Waals surface area contributed by atoms with E-state index in [4.69, 9.17) is 0 Å². The molecular weight excluding hydrogens is 182 g/mol. The van der Waals surface area contributed by atoms with Crippen LogP contribution in [0.15, 0.2) is 0 Å². The minimum Gasteiger partial charge on any atom is -0.248 e. The maximum absolute atomic E-state index is 11.5. The second kappa shape index (κ2) is 2.59. The molecule has 11 heavy (non-hydrogen) atoms. The van der Waals surface area contributed by atoms with Gasteiger partial charge in [0, 0.05) is 4.53 Å². The summed E-state index contributed by atoms with van der Waals surface area (Å²) < 4.78 is 66.7. The van der Waals surface area contributed by atoms with Crippen molar-refractivity contribution >= 4 is 5.97 Å². The molecule has 0 spiro atoms. The summed E-state index contributed by atoms with van der Waals surface area (Å²) in [5.41, 5.74) is 0. The lowest BCUT2D eigenvalue weighted by Gasteiger charge is -2.13. The first-order valence-corrected chi connectivity index (χ1v) is 2.01. The molecule has 8 heteroatoms. The van der Waals surface area contributed by atoms with Gasteiger partial charge in [0.15, 0.2) is 0 Å². The van der Waals surface area contributed by atoms with Gasteiger partial charge >= 0.3 is 18.1 Å². The fourth-order valence-electron chi connectivity index (χ4n) is 0.164. The first kappa shape index (κ1) is 10.1. The van der Waals surface area contributed by atoms with Crippen LogP contribution in [0.3, 0.4) is 0 Å². The van der Waals surface area contributed by atoms with Crippen molar-refractivity contribution in [2.24, 2.45) is 0 Å². The second-order valence-electron chi connectivity index (χ2n) is 1.44. The van der Waals surface area contributed by atoms with Crippen LogP contribution in [0, 0.1) is 0 Å². The highest BCUT2D eigenvalue weighted by molar-refractivity contribution is 5.77. The zero-order valence-corrected chi connectivity index (χ0v) is 4.58. The zero-order chi connectivity index (χ0) is 9.28. The van der Waals surface area contributed by atoms with Crippen LogP contribution < -0.4 is 0 Å². The van der Waals surface area contributed by atoms with E-state index in [2.05, 4.69) is 0 Å². The van der Waals surface area contributed by atoms with Crippen LogP contribution >= 0.6 is 0 Å². The average molecular weight is 182 g/mol. The fourth-order valence-corrected chi connectivity index (χ4v) is 0.164. The number of rotatable bonds is 1. The Hall–Kier alpha value is -0.950. The minimum absolute atomic E-state index is 1.73. The van der Waals surface area contributed by atoms with Gasteiger partial charge in [0.25, 0.3) is 0 Å². The van der Waals surface area contributed by atoms with Gasteiger partial charge in [-0.25, -0.2) is 9.74 Å². The van der Waals surface area contributed by atoms with E-state index >= 15 is 0 Å². The summed E-state index contributed by atoms with van der Waals surface area (Å²) >= 11 is 0. The first-order valence-electron chi connectivity index (χ1n) is 2.01. The summed E-state index contributed by atoms with van der Waals surface area (Å²) in [5.74, 6) is -9.06. The van der Waals surface area contributed by atoms with Gasteiger partial charge in [0.1, 0.15) is 0 Å². The summed E-state index contributed by atoms with van der Waals surface area (Å²) in [6.07, 6.45) is -6.13. The summed E-state index contributed by atoms with van der Waals surface area (Å²) in [5, 5.41) is 0. The van der Waals surface area contributed by atoms with E-state index in [1.54, 1.807) is 4.94 Å². The normalized spacial score (nSPS) is 12.9. The van der Waals surface area contributed by atoms with Gasteiger partial charge in [0.2, 0.25) is 0 Å². The Morgan fingerprint density at radius 1 is 1.09 bits per heavy atom. The Kier molecular flexibility index (Phi) is 2.37. The molecule has 0 aliphatic carbocycles. The molecule has 66 valence electrons. The van der Waals surface area contributed by atoms with E-state index < -0.39 is 18.1 Å². The van der Waals surface area contributed by atoms with Gasteiger partial charge in [-0.2, -0.15) is 22.0 Å². The predicted octanol–water partition coefficient (Wildman–Crippen LogP) is 1.61. The monoisotopic (exact) mass is 182 g/mol. The molecule has 2 nitrogen and oxygen atoms in total. The van der Waals surface area contributed by atoms with Gasteiger partial charge in [-0.15, -0.1) is 0 Å². The Morgan fingerprint density at radius 2 is 1.45 bits per heavy atom. The van der Waals surface area contributed by atoms with Gasteiger partial charge in [-0.05, 0) is 0 Å². The van der Waals surface area contributed by atoms with Gasteiger partial charge < -0.3 is 0 Å². The van der Waals surface area contributed by atoms with Crippen molar-refractivity contribution in [2.75, 3.05) is 0 Å². The highest BCUT2D eigenvalue weighted by atomic mass is 19.4. The van der Waals surface area contributed by atoms with Crippen LogP contribution in [0.25, 0.3) is 0 Å². The van der Waals surface area contributed by atoms with Crippen molar-refractivity contribution in [3.63, 3.8) is 0 Å². The first-order chi connectivity index (χ1) is 4.73. The van der Waals surface area contributed by atoms with Gasteiger partial charge in [-0.3, -0.25) is 0 Å². The predicted molar refractivity (Wildman–Crippen MR) is 18.2 cm³/mol. The van der Waals surface area contributed by atoms with E-state index in [0.29, 0.717) is 0 Å². The molecule has 0 saturated carbocycles. The number of carbonyl (C=O) groups is 1. The van der Waals surface area contributed by atoms with Crippen LogP contribution in [-0.2, 0) is 9.74 Å². The lowest BCUT2D eigenvalue weighted by Crippen LogP contribution is -2.44. The highest BCUT2D eigenvalue weighted by Crippen LogP contribution is 2.36. The Bertz CT molecular complexity index is 160. The van der Waals surface area contributed by atoms with Crippen LogP contribution in [0.1, 0.15) is 0 Å². The zero-order valence-electron chi connectivity index (χ0n) is 4.58. The van der Waals surface area contributed by atoms with Crippen molar-refractivity contribution in [3.8, 4) is 0 Å². The largest absolute Gasteiger partial charge is 0.465 e. The molecular formula is C3F6O2. The van der Waals surface area contributed by atoms with E-state index in [9.17, 15) is 31.3 Å². The van der Waals surface area contributed by atoms with Gasteiger partial charge in [-0.1, -0.05) is 0 Å². The molecule has 0 amide bonds. The molecule has 0 aliphatic rings. The van der Waals surface area contributed by atoms with Gasteiger partial charge in [0.05, 0.1) is 0 Å². The molecule has 0 aliphatic heterocycles. The summed E-state index contributed by atoms with van der Waals surface area (Å²) in [4.78, 5) is 11.1. The fraction of sp³-hybridized carbons (Fsp3) is 0.667. The van der Waals surface area contributed by atoms with Crippen LogP contribution in [0.5, 0.6) is 0 Å². The Balaban J connectivity index is 4.59. The quantitative estimate of drug-likeness (QED) is 0.575. The third kappa shape index (κ3) is 1.75. The topological polar surface area (TPSA) is 26.3 Å². The number of hydrogen-bond donors (Lipinski definition) is 0. The molecule has 0 atom stereocenters. The van der Waals surface area contributed by atoms with E-state index in [0.717, 1.165) is 0 Å². The molecule has 0 aromatic heterocycles. The van der Waals surface area contributed by atoms with Crippen molar-refractivity contribution in [1.82, 2.24) is 0 Å². The lowest BCUT2D eigenvalue weighted by molar-refractivity contribution is -0.294. The highest BCUT2D eigenvalue weighted by Gasteiger charge is 2.65. The summed E-state index contributed by atoms with van der Waals surface area (Å²) in [6, 6.07) is 0. The van der Waals surface area contributed by atoms with Crippen LogP contribution in [0.4, 0.5) is 26.5 Å². The molecule has 0 fully saturated rings. The average Bonchev–Trinajstić information content (AvgIpc) is 1.83. The SMILES string of the molecule is O=C(OF)C(F)(F)C(F)(F)F. The molecule has 0 aromatic carbocycles. The number of alkyl halides is 5. The lowest BCUT2D eigenvalue weighted by atomic mass is 10.3. The standard InChI is InChI=1S/C3F6O2/c4-2(5,1(10)11-9)3(6,7)8. The molecule has 0 heterocycles. The summed E-state index contributed by atoms with van der Waals surface area (Å²) in [7, 11) is 0. The molecule has 0 saturated heterocycles. The third-order valence-electron chi connectivity index (χ3n) is 0.682. The smallest absolute Gasteiger partial charge is 0.248 e. The number of carbonyl (C=O) groups excluding carboxylic acids is 1. The van der Waals surface area contributed by atoms with E-state index in [1.165, 1.54) is 0 Å². The Labute approximate surface area is 55.6 Å². The molecule has 0 rings (SSSR count). The molecule has 0 N–H and O–H groups in total. The van der Waals surface area contributed by atoms with Crippen molar-refractivity contribution in [2.45, 2.75) is 12.1 Å². The summed E-state index contributed by atoms with van der Waals surface area (Å²) in [6.45, 7) is 0. The maximum Gasteiger partial charge on any atom is 0.465 e. The maximum atomic E-state index is 11.5. The number of halogens is 6. The Morgan fingerprint density at radius 3 is 1.55 bits per heavy atom. The molecule has 0 unspecified atom stereocenters. The van der Waals surface area contributed by atoms with Crippen LogP contribution in [0.2, 0.25) is 0 Å².